The van der Waals surface area contributed by atoms with Crippen molar-refractivity contribution in [3.8, 4) is 0 Å². The van der Waals surface area contributed by atoms with E-state index in [1.54, 1.807) is 0 Å². The fourth-order valence-corrected chi connectivity index (χ4v) is 2.46. The predicted molar refractivity (Wildman–Crippen MR) is 53.5 cm³/mol. The Morgan fingerprint density at radius 2 is 2.23 bits per heavy atom. The summed E-state index contributed by atoms with van der Waals surface area (Å²) in [5.41, 5.74) is 0. The van der Waals surface area contributed by atoms with E-state index in [2.05, 4.69) is 27.9 Å². The summed E-state index contributed by atoms with van der Waals surface area (Å²) in [6.45, 7) is 0. The molecule has 72 valence electrons. The summed E-state index contributed by atoms with van der Waals surface area (Å²) in [6, 6.07) is 0.0425. The van der Waals surface area contributed by atoms with Crippen LogP contribution in [0.2, 0.25) is 0 Å². The maximum atomic E-state index is 11.2. The highest BCUT2D eigenvalue weighted by atomic mass is 127. The van der Waals surface area contributed by atoms with Gasteiger partial charge in [-0.05, 0) is 12.8 Å². The molecule has 2 saturated heterocycles. The van der Waals surface area contributed by atoms with E-state index < -0.39 is 0 Å². The lowest BCUT2D eigenvalue weighted by Gasteiger charge is -2.16. The zero-order valence-corrected chi connectivity index (χ0v) is 9.11. The quantitative estimate of drug-likeness (QED) is 0.432. The molecule has 1 N–H and O–H groups in total. The zero-order chi connectivity index (χ0) is 9.42. The van der Waals surface area contributed by atoms with Crippen LogP contribution in [0.4, 0.5) is 0 Å². The van der Waals surface area contributed by atoms with Gasteiger partial charge in [0, 0.05) is 6.42 Å². The van der Waals surface area contributed by atoms with E-state index in [4.69, 9.17) is 4.74 Å². The van der Waals surface area contributed by atoms with Gasteiger partial charge in [0.2, 0.25) is 5.91 Å². The minimum absolute atomic E-state index is 0.0295. The SMILES string of the molecule is O=C1CCC(C2C[C@@H](I)C(=O)N2)O1. The number of halogens is 1. The van der Waals surface area contributed by atoms with Crippen LogP contribution < -0.4 is 5.32 Å². The molecule has 0 bridgehead atoms. The number of hydrogen-bond donors (Lipinski definition) is 1. The Bertz CT molecular complexity index is 256. The highest BCUT2D eigenvalue weighted by Gasteiger charge is 2.39. The average Bonchev–Trinajstić information content (AvgIpc) is 2.61. The number of carbonyl (C=O) groups excluding carboxylic acids is 2. The molecule has 0 aromatic rings. The number of alkyl halides is 1. The molecule has 1 amide bonds. The van der Waals surface area contributed by atoms with E-state index in [0.717, 1.165) is 12.8 Å². The van der Waals surface area contributed by atoms with Crippen LogP contribution in [0.3, 0.4) is 0 Å². The van der Waals surface area contributed by atoms with Crippen LogP contribution in [-0.2, 0) is 14.3 Å². The monoisotopic (exact) mass is 295 g/mol. The molecule has 3 atom stereocenters. The van der Waals surface area contributed by atoms with Gasteiger partial charge in [-0.25, -0.2) is 0 Å². The molecule has 2 fully saturated rings. The lowest BCUT2D eigenvalue weighted by atomic mass is 10.1. The molecule has 0 radical (unpaired) electrons. The van der Waals surface area contributed by atoms with Crippen LogP contribution in [-0.4, -0.2) is 27.9 Å². The largest absolute Gasteiger partial charge is 0.460 e. The molecule has 2 aliphatic heterocycles. The van der Waals surface area contributed by atoms with E-state index in [-0.39, 0.29) is 27.9 Å². The topological polar surface area (TPSA) is 55.4 Å². The fourth-order valence-electron chi connectivity index (χ4n) is 1.74. The average molecular weight is 295 g/mol. The van der Waals surface area contributed by atoms with Crippen LogP contribution in [0.25, 0.3) is 0 Å². The molecule has 2 heterocycles. The smallest absolute Gasteiger partial charge is 0.306 e. The first-order valence-electron chi connectivity index (χ1n) is 4.31. The molecule has 13 heavy (non-hydrogen) atoms. The van der Waals surface area contributed by atoms with Gasteiger partial charge in [-0.3, -0.25) is 9.59 Å². The number of hydrogen-bond acceptors (Lipinski definition) is 3. The van der Waals surface area contributed by atoms with Crippen LogP contribution in [0.15, 0.2) is 0 Å². The number of cyclic esters (lactones) is 1. The third-order valence-electron chi connectivity index (χ3n) is 2.44. The normalized spacial score (nSPS) is 39.0. The van der Waals surface area contributed by atoms with Gasteiger partial charge in [-0.15, -0.1) is 0 Å². The number of carbonyl (C=O) groups is 2. The molecule has 2 aliphatic rings. The van der Waals surface area contributed by atoms with Crippen molar-refractivity contribution in [3.63, 3.8) is 0 Å². The summed E-state index contributed by atoms with van der Waals surface area (Å²) in [6.07, 6.45) is 1.92. The first-order chi connectivity index (χ1) is 6.16. The molecule has 0 aromatic heterocycles. The summed E-state index contributed by atoms with van der Waals surface area (Å²) in [5.74, 6) is -0.0790. The predicted octanol–water partition coefficient (Wildman–Crippen LogP) is 0.384. The minimum Gasteiger partial charge on any atom is -0.460 e. The van der Waals surface area contributed by atoms with Crippen molar-refractivity contribution in [3.05, 3.63) is 0 Å². The number of esters is 1. The van der Waals surface area contributed by atoms with Gasteiger partial charge in [-0.2, -0.15) is 0 Å². The second-order valence-electron chi connectivity index (χ2n) is 3.39. The van der Waals surface area contributed by atoms with E-state index >= 15 is 0 Å². The lowest BCUT2D eigenvalue weighted by Crippen LogP contribution is -2.36. The number of ether oxygens (including phenoxy) is 1. The molecule has 0 saturated carbocycles. The summed E-state index contributed by atoms with van der Waals surface area (Å²) in [7, 11) is 0. The Morgan fingerprint density at radius 3 is 2.69 bits per heavy atom. The Labute approximate surface area is 89.5 Å². The Hall–Kier alpha value is -0.330. The molecule has 0 aliphatic carbocycles. The van der Waals surface area contributed by atoms with Crippen molar-refractivity contribution in [2.24, 2.45) is 0 Å². The minimum atomic E-state index is -0.142. The third kappa shape index (κ3) is 1.79. The van der Waals surface area contributed by atoms with Gasteiger partial charge in [0.1, 0.15) is 6.10 Å². The van der Waals surface area contributed by atoms with E-state index in [9.17, 15) is 9.59 Å². The van der Waals surface area contributed by atoms with E-state index in [1.165, 1.54) is 0 Å². The molecule has 4 nitrogen and oxygen atoms in total. The van der Waals surface area contributed by atoms with Crippen molar-refractivity contribution in [1.29, 1.82) is 0 Å². The highest BCUT2D eigenvalue weighted by Crippen LogP contribution is 2.25. The summed E-state index contributed by atoms with van der Waals surface area (Å²) < 4.78 is 5.11. The van der Waals surface area contributed by atoms with Gasteiger partial charge in [0.05, 0.1) is 9.97 Å². The van der Waals surface area contributed by atoms with Crippen LogP contribution in [0.5, 0.6) is 0 Å². The Kier molecular flexibility index (Phi) is 2.44. The molecular formula is C8H10INO3. The zero-order valence-electron chi connectivity index (χ0n) is 6.96. The summed E-state index contributed by atoms with van der Waals surface area (Å²) >= 11 is 2.11. The van der Waals surface area contributed by atoms with Crippen molar-refractivity contribution < 1.29 is 14.3 Å². The Morgan fingerprint density at radius 1 is 1.46 bits per heavy atom. The van der Waals surface area contributed by atoms with Gasteiger partial charge in [-0.1, -0.05) is 22.6 Å². The van der Waals surface area contributed by atoms with Crippen LogP contribution in [0, 0.1) is 0 Å². The number of nitrogens with one attached hydrogen (secondary N) is 1. The second kappa shape index (κ2) is 3.43. The second-order valence-corrected chi connectivity index (χ2v) is 4.89. The van der Waals surface area contributed by atoms with Crippen molar-refractivity contribution in [1.82, 2.24) is 5.32 Å². The first kappa shape index (κ1) is 9.23. The third-order valence-corrected chi connectivity index (χ3v) is 3.51. The number of rotatable bonds is 1. The molecule has 2 rings (SSSR count). The maximum Gasteiger partial charge on any atom is 0.306 e. The van der Waals surface area contributed by atoms with Crippen molar-refractivity contribution in [2.45, 2.75) is 35.3 Å². The summed E-state index contributed by atoms with van der Waals surface area (Å²) in [4.78, 5) is 22.0. The van der Waals surface area contributed by atoms with Crippen molar-refractivity contribution >= 4 is 34.5 Å². The standard InChI is InChI=1S/C8H10INO3/c9-4-3-5(10-8(4)12)6-1-2-7(11)13-6/h4-6H,1-3H2,(H,10,12)/t4-,5?,6?/m1/s1. The molecule has 5 heteroatoms. The van der Waals surface area contributed by atoms with Crippen LogP contribution in [0.1, 0.15) is 19.3 Å². The first-order valence-corrected chi connectivity index (χ1v) is 5.55. The summed E-state index contributed by atoms with van der Waals surface area (Å²) in [5, 5.41) is 2.84. The van der Waals surface area contributed by atoms with Gasteiger partial charge < -0.3 is 10.1 Å². The van der Waals surface area contributed by atoms with Gasteiger partial charge in [0.25, 0.3) is 0 Å². The van der Waals surface area contributed by atoms with E-state index in [0.29, 0.717) is 6.42 Å². The Balaban J connectivity index is 1.96. The van der Waals surface area contributed by atoms with Crippen LogP contribution >= 0.6 is 22.6 Å². The van der Waals surface area contributed by atoms with E-state index in [1.807, 2.05) is 0 Å². The molecule has 0 spiro atoms. The molecule has 0 aromatic carbocycles. The lowest BCUT2D eigenvalue weighted by molar-refractivity contribution is -0.142. The molecule has 2 unspecified atom stereocenters. The molecular weight excluding hydrogens is 285 g/mol. The number of amides is 1. The fraction of sp³-hybridized carbons (Fsp3) is 0.750. The highest BCUT2D eigenvalue weighted by molar-refractivity contribution is 14.1. The maximum absolute atomic E-state index is 11.2. The van der Waals surface area contributed by atoms with Gasteiger partial charge >= 0.3 is 5.97 Å². The van der Waals surface area contributed by atoms with Crippen molar-refractivity contribution in [2.75, 3.05) is 0 Å². The van der Waals surface area contributed by atoms with Gasteiger partial charge in [0.15, 0.2) is 0 Å².